The maximum absolute atomic E-state index is 13.0. The van der Waals surface area contributed by atoms with Gasteiger partial charge in [-0.25, -0.2) is 4.79 Å². The van der Waals surface area contributed by atoms with Crippen molar-refractivity contribution < 1.29 is 29.4 Å². The summed E-state index contributed by atoms with van der Waals surface area (Å²) < 4.78 is 0. The van der Waals surface area contributed by atoms with Gasteiger partial charge in [-0.3, -0.25) is 14.4 Å². The fourth-order valence-corrected chi connectivity index (χ4v) is 3.50. The number of aliphatic carboxylic acids is 1. The predicted octanol–water partition coefficient (Wildman–Crippen LogP) is 0.620. The fourth-order valence-electron chi connectivity index (χ4n) is 3.03. The molecule has 0 bridgehead atoms. The molecule has 1 aromatic rings. The van der Waals surface area contributed by atoms with Crippen molar-refractivity contribution in [3.05, 3.63) is 29.8 Å². The minimum Gasteiger partial charge on any atom is -0.508 e. The molecule has 0 aliphatic heterocycles. The van der Waals surface area contributed by atoms with E-state index in [1.54, 1.807) is 12.1 Å². The van der Waals surface area contributed by atoms with Crippen LogP contribution >= 0.6 is 11.8 Å². The molecule has 0 saturated carbocycles. The number of nitrogens with one attached hydrogen (secondary N) is 3. The summed E-state index contributed by atoms with van der Waals surface area (Å²) >= 11 is 1.46. The van der Waals surface area contributed by atoms with E-state index < -0.39 is 47.9 Å². The van der Waals surface area contributed by atoms with Crippen molar-refractivity contribution in [1.82, 2.24) is 16.0 Å². The molecule has 0 aliphatic carbocycles. The molecule has 1 aromatic carbocycles. The lowest BCUT2D eigenvalue weighted by Gasteiger charge is -2.25. The van der Waals surface area contributed by atoms with Crippen LogP contribution in [0.3, 0.4) is 0 Å². The molecule has 34 heavy (non-hydrogen) atoms. The highest BCUT2D eigenvalue weighted by atomic mass is 32.2. The molecule has 0 heterocycles. The molecular formula is C23H36N4O6S. The number of benzene rings is 1. The monoisotopic (exact) mass is 496 g/mol. The maximum atomic E-state index is 13.0. The summed E-state index contributed by atoms with van der Waals surface area (Å²) in [4.78, 5) is 49.5. The standard InChI is InChI=1S/C23H36N4O6S/c1-5-13(2)19(24)22(31)27-18(12-15-6-8-16(28)9-7-15)21(30)25-14(3)20(29)26-17(23(32)33)10-11-34-4/h6-9,13-14,17-19,28H,5,10-12,24H2,1-4H3,(H,25,30)(H,26,29)(H,27,31)(H,32,33). The number of hydrogen-bond donors (Lipinski definition) is 6. The third-order valence-electron chi connectivity index (χ3n) is 5.55. The molecule has 0 aliphatic rings. The van der Waals surface area contributed by atoms with Gasteiger partial charge in [0.1, 0.15) is 23.9 Å². The molecular weight excluding hydrogens is 460 g/mol. The van der Waals surface area contributed by atoms with Crippen molar-refractivity contribution in [3.63, 3.8) is 0 Å². The summed E-state index contributed by atoms with van der Waals surface area (Å²) in [6.45, 7) is 5.18. The first-order valence-corrected chi connectivity index (χ1v) is 12.6. The zero-order valence-electron chi connectivity index (χ0n) is 20.0. The van der Waals surface area contributed by atoms with Crippen LogP contribution in [0.4, 0.5) is 0 Å². The number of amides is 3. The number of rotatable bonds is 14. The lowest BCUT2D eigenvalue weighted by Crippen LogP contribution is -2.57. The molecule has 0 fully saturated rings. The van der Waals surface area contributed by atoms with Gasteiger partial charge in [0.2, 0.25) is 17.7 Å². The Morgan fingerprint density at radius 3 is 2.09 bits per heavy atom. The van der Waals surface area contributed by atoms with Crippen molar-refractivity contribution in [2.45, 2.75) is 64.2 Å². The number of carboxylic acids is 1. The minimum atomic E-state index is -1.16. The third kappa shape index (κ3) is 9.60. The molecule has 1 rings (SSSR count). The lowest BCUT2D eigenvalue weighted by molar-refractivity contribution is -0.142. The Morgan fingerprint density at radius 2 is 1.56 bits per heavy atom. The third-order valence-corrected chi connectivity index (χ3v) is 6.19. The number of carbonyl (C=O) groups excluding carboxylic acids is 3. The van der Waals surface area contributed by atoms with Gasteiger partial charge >= 0.3 is 5.97 Å². The topological polar surface area (TPSA) is 171 Å². The van der Waals surface area contributed by atoms with E-state index in [0.717, 1.165) is 0 Å². The summed E-state index contributed by atoms with van der Waals surface area (Å²) in [6, 6.07) is 2.22. The van der Waals surface area contributed by atoms with Gasteiger partial charge in [0.25, 0.3) is 0 Å². The molecule has 190 valence electrons. The van der Waals surface area contributed by atoms with Gasteiger partial charge in [-0.05, 0) is 49.0 Å². The van der Waals surface area contributed by atoms with Crippen LogP contribution in [0.1, 0.15) is 39.2 Å². The zero-order chi connectivity index (χ0) is 25.8. The van der Waals surface area contributed by atoms with Gasteiger partial charge < -0.3 is 31.9 Å². The van der Waals surface area contributed by atoms with Crippen LogP contribution in [-0.4, -0.2) is 70.1 Å². The summed E-state index contributed by atoms with van der Waals surface area (Å²) in [7, 11) is 0. The summed E-state index contributed by atoms with van der Waals surface area (Å²) in [5.74, 6) is -2.39. The van der Waals surface area contributed by atoms with E-state index in [2.05, 4.69) is 16.0 Å². The molecule has 7 N–H and O–H groups in total. The highest BCUT2D eigenvalue weighted by Crippen LogP contribution is 2.12. The summed E-state index contributed by atoms with van der Waals surface area (Å²) in [6.07, 6.45) is 2.86. The Bertz CT molecular complexity index is 835. The van der Waals surface area contributed by atoms with Crippen LogP contribution in [0.5, 0.6) is 5.75 Å². The molecule has 5 atom stereocenters. The van der Waals surface area contributed by atoms with E-state index in [-0.39, 0.29) is 24.5 Å². The lowest BCUT2D eigenvalue weighted by atomic mass is 9.98. The highest BCUT2D eigenvalue weighted by Gasteiger charge is 2.29. The van der Waals surface area contributed by atoms with Crippen molar-refractivity contribution in [1.29, 1.82) is 0 Å². The Morgan fingerprint density at radius 1 is 0.971 bits per heavy atom. The fraction of sp³-hybridized carbons (Fsp3) is 0.565. The first kappa shape index (κ1) is 29.2. The first-order valence-electron chi connectivity index (χ1n) is 11.2. The second kappa shape index (κ2) is 14.5. The number of carboxylic acid groups (broad SMARTS) is 1. The van der Waals surface area contributed by atoms with E-state index in [9.17, 15) is 29.4 Å². The van der Waals surface area contributed by atoms with Gasteiger partial charge in [-0.15, -0.1) is 0 Å². The number of phenolic OH excluding ortho intramolecular Hbond substituents is 1. The van der Waals surface area contributed by atoms with Crippen LogP contribution in [0, 0.1) is 5.92 Å². The van der Waals surface area contributed by atoms with Crippen LogP contribution in [0.15, 0.2) is 24.3 Å². The summed E-state index contributed by atoms with van der Waals surface area (Å²) in [5.41, 5.74) is 6.68. The summed E-state index contributed by atoms with van der Waals surface area (Å²) in [5, 5.41) is 26.4. The van der Waals surface area contributed by atoms with Gasteiger partial charge in [-0.2, -0.15) is 11.8 Å². The molecule has 5 unspecified atom stereocenters. The van der Waals surface area contributed by atoms with E-state index in [0.29, 0.717) is 17.7 Å². The van der Waals surface area contributed by atoms with E-state index in [1.807, 2.05) is 20.1 Å². The molecule has 0 aromatic heterocycles. The Hall–Kier alpha value is -2.79. The van der Waals surface area contributed by atoms with E-state index >= 15 is 0 Å². The van der Waals surface area contributed by atoms with Gasteiger partial charge in [-0.1, -0.05) is 32.4 Å². The average molecular weight is 497 g/mol. The minimum absolute atomic E-state index is 0.0623. The number of nitrogens with two attached hydrogens (primary N) is 1. The van der Waals surface area contributed by atoms with Crippen LogP contribution in [0.25, 0.3) is 0 Å². The van der Waals surface area contributed by atoms with Gasteiger partial charge in [0.15, 0.2) is 0 Å². The second-order valence-electron chi connectivity index (χ2n) is 8.25. The molecule has 3 amide bonds. The van der Waals surface area contributed by atoms with Gasteiger partial charge in [0.05, 0.1) is 6.04 Å². The van der Waals surface area contributed by atoms with E-state index in [1.165, 1.54) is 30.8 Å². The Balaban J connectivity index is 2.93. The highest BCUT2D eigenvalue weighted by molar-refractivity contribution is 7.98. The number of hydrogen-bond acceptors (Lipinski definition) is 7. The van der Waals surface area contributed by atoms with Crippen LogP contribution in [0.2, 0.25) is 0 Å². The normalized spacial score (nSPS) is 15.3. The molecule has 10 nitrogen and oxygen atoms in total. The zero-order valence-corrected chi connectivity index (χ0v) is 20.9. The maximum Gasteiger partial charge on any atom is 0.326 e. The van der Waals surface area contributed by atoms with Crippen molar-refractivity contribution >= 4 is 35.5 Å². The first-order chi connectivity index (χ1) is 16.0. The van der Waals surface area contributed by atoms with Crippen molar-refractivity contribution in [2.24, 2.45) is 11.7 Å². The molecule has 0 radical (unpaired) electrons. The number of aromatic hydroxyl groups is 1. The SMILES string of the molecule is CCC(C)C(N)C(=O)NC(Cc1ccc(O)cc1)C(=O)NC(C)C(=O)NC(CCSC)C(=O)O. The number of thioether (sulfide) groups is 1. The Kier molecular flexibility index (Phi) is 12.4. The van der Waals surface area contributed by atoms with Crippen molar-refractivity contribution in [3.8, 4) is 5.75 Å². The number of phenols is 1. The van der Waals surface area contributed by atoms with E-state index in [4.69, 9.17) is 5.73 Å². The number of carbonyl (C=O) groups is 4. The van der Waals surface area contributed by atoms with Crippen LogP contribution in [-0.2, 0) is 25.6 Å². The quantitative estimate of drug-likeness (QED) is 0.218. The Labute approximate surface area is 204 Å². The molecule has 0 spiro atoms. The van der Waals surface area contributed by atoms with Crippen molar-refractivity contribution in [2.75, 3.05) is 12.0 Å². The van der Waals surface area contributed by atoms with Gasteiger partial charge in [0, 0.05) is 6.42 Å². The predicted molar refractivity (Wildman–Crippen MR) is 131 cm³/mol. The second-order valence-corrected chi connectivity index (χ2v) is 9.24. The molecule has 11 heteroatoms. The largest absolute Gasteiger partial charge is 0.508 e. The average Bonchev–Trinajstić information content (AvgIpc) is 2.80. The van der Waals surface area contributed by atoms with Crippen LogP contribution < -0.4 is 21.7 Å². The molecule has 0 saturated heterocycles. The smallest absolute Gasteiger partial charge is 0.326 e.